The van der Waals surface area contributed by atoms with E-state index in [0.29, 0.717) is 18.4 Å². The van der Waals surface area contributed by atoms with Crippen LogP contribution in [0.25, 0.3) is 0 Å². The minimum atomic E-state index is -0.128. The van der Waals surface area contributed by atoms with Crippen LogP contribution >= 0.6 is 0 Å². The van der Waals surface area contributed by atoms with Crippen molar-refractivity contribution >= 4 is 0 Å². The van der Waals surface area contributed by atoms with Gasteiger partial charge in [-0.3, -0.25) is 0 Å². The zero-order valence-corrected chi connectivity index (χ0v) is 14.4. The van der Waals surface area contributed by atoms with Crippen LogP contribution in [0, 0.1) is 29.5 Å². The van der Waals surface area contributed by atoms with E-state index in [-0.39, 0.29) is 5.82 Å². The van der Waals surface area contributed by atoms with Gasteiger partial charge in [0.25, 0.3) is 0 Å². The van der Waals surface area contributed by atoms with E-state index in [9.17, 15) is 9.50 Å². The molecule has 0 aromatic heterocycles. The van der Waals surface area contributed by atoms with E-state index in [2.05, 4.69) is 6.92 Å². The molecule has 1 N–H and O–H groups in total. The summed E-state index contributed by atoms with van der Waals surface area (Å²) in [5.41, 5.74) is 1.32. The summed E-state index contributed by atoms with van der Waals surface area (Å²) in [7, 11) is 0. The lowest BCUT2D eigenvalue weighted by atomic mass is 9.67. The lowest BCUT2D eigenvalue weighted by molar-refractivity contribution is 0.111. The third-order valence-corrected chi connectivity index (χ3v) is 6.69. The summed E-state index contributed by atoms with van der Waals surface area (Å²) in [5.74, 6) is 3.54. The number of rotatable bonds is 4. The van der Waals surface area contributed by atoms with Crippen molar-refractivity contribution < 1.29 is 9.50 Å². The summed E-state index contributed by atoms with van der Waals surface area (Å²) in [6, 6.07) is 7.15. The standard InChI is InChI=1S/C21H31FO/c1-15(14-23)16-2-4-17(5-3-16)18-6-8-19(9-7-18)20-10-12-21(22)13-11-20/h10-13,15-19,23H,2-9,14H2,1H3. The summed E-state index contributed by atoms with van der Waals surface area (Å²) in [5, 5.41) is 9.33. The number of halogens is 1. The molecule has 2 saturated carbocycles. The Morgan fingerprint density at radius 1 is 0.913 bits per heavy atom. The second kappa shape index (κ2) is 7.79. The van der Waals surface area contributed by atoms with Crippen molar-refractivity contribution in [3.8, 4) is 0 Å². The SMILES string of the molecule is CC(CO)C1CCC(C2CCC(c3ccc(F)cc3)CC2)CC1. The molecule has 0 saturated heterocycles. The predicted octanol–water partition coefficient (Wildman–Crippen LogP) is 5.53. The van der Waals surface area contributed by atoms with Gasteiger partial charge < -0.3 is 5.11 Å². The monoisotopic (exact) mass is 318 g/mol. The van der Waals surface area contributed by atoms with E-state index in [1.165, 1.54) is 56.9 Å². The molecular formula is C21H31FO. The Kier molecular flexibility index (Phi) is 5.74. The molecule has 0 aliphatic heterocycles. The third kappa shape index (κ3) is 4.15. The van der Waals surface area contributed by atoms with Crippen LogP contribution in [0.15, 0.2) is 24.3 Å². The van der Waals surface area contributed by atoms with Crippen LogP contribution < -0.4 is 0 Å². The van der Waals surface area contributed by atoms with Gasteiger partial charge in [0, 0.05) is 6.61 Å². The first-order valence-electron chi connectivity index (χ1n) is 9.53. The summed E-state index contributed by atoms with van der Waals surface area (Å²) in [6.45, 7) is 2.54. The lowest BCUT2D eigenvalue weighted by Gasteiger charge is -2.39. The molecule has 3 rings (SSSR count). The zero-order valence-electron chi connectivity index (χ0n) is 14.4. The van der Waals surface area contributed by atoms with Crippen molar-refractivity contribution in [3.63, 3.8) is 0 Å². The molecule has 2 aliphatic carbocycles. The molecule has 2 heteroatoms. The molecule has 0 bridgehead atoms. The van der Waals surface area contributed by atoms with Crippen LogP contribution in [0.2, 0.25) is 0 Å². The van der Waals surface area contributed by atoms with Crippen LogP contribution in [0.4, 0.5) is 4.39 Å². The van der Waals surface area contributed by atoms with E-state index in [4.69, 9.17) is 0 Å². The molecule has 0 amide bonds. The Morgan fingerprint density at radius 2 is 1.43 bits per heavy atom. The quantitative estimate of drug-likeness (QED) is 0.773. The van der Waals surface area contributed by atoms with Gasteiger partial charge in [-0.1, -0.05) is 19.1 Å². The van der Waals surface area contributed by atoms with Gasteiger partial charge in [-0.2, -0.15) is 0 Å². The van der Waals surface area contributed by atoms with Gasteiger partial charge in [-0.25, -0.2) is 4.39 Å². The summed E-state index contributed by atoms with van der Waals surface area (Å²) < 4.78 is 13.1. The highest BCUT2D eigenvalue weighted by molar-refractivity contribution is 5.20. The van der Waals surface area contributed by atoms with E-state index < -0.39 is 0 Å². The fourth-order valence-corrected chi connectivity index (χ4v) is 4.99. The molecule has 1 nitrogen and oxygen atoms in total. The van der Waals surface area contributed by atoms with Crippen LogP contribution in [-0.4, -0.2) is 11.7 Å². The van der Waals surface area contributed by atoms with Crippen LogP contribution in [0.5, 0.6) is 0 Å². The second-order valence-electron chi connectivity index (χ2n) is 8.00. The molecule has 0 spiro atoms. The van der Waals surface area contributed by atoms with Crippen molar-refractivity contribution in [1.29, 1.82) is 0 Å². The Morgan fingerprint density at radius 3 is 1.96 bits per heavy atom. The van der Waals surface area contributed by atoms with Crippen molar-refractivity contribution in [2.75, 3.05) is 6.61 Å². The van der Waals surface area contributed by atoms with Crippen LogP contribution in [-0.2, 0) is 0 Å². The second-order valence-corrected chi connectivity index (χ2v) is 8.00. The Labute approximate surface area is 140 Å². The van der Waals surface area contributed by atoms with E-state index >= 15 is 0 Å². The van der Waals surface area contributed by atoms with E-state index in [1.54, 1.807) is 12.1 Å². The molecule has 0 heterocycles. The smallest absolute Gasteiger partial charge is 0.123 e. The van der Waals surface area contributed by atoms with Crippen LogP contribution in [0.1, 0.15) is 69.8 Å². The normalized spacial score (nSPS) is 33.3. The Bertz CT molecular complexity index is 467. The van der Waals surface area contributed by atoms with Crippen molar-refractivity contribution in [2.24, 2.45) is 23.7 Å². The first-order chi connectivity index (χ1) is 11.2. The largest absolute Gasteiger partial charge is 0.396 e. The van der Waals surface area contributed by atoms with Crippen molar-refractivity contribution in [1.82, 2.24) is 0 Å². The summed E-state index contributed by atoms with van der Waals surface area (Å²) >= 11 is 0. The number of benzene rings is 1. The van der Waals surface area contributed by atoms with Gasteiger partial charge in [0.15, 0.2) is 0 Å². The highest BCUT2D eigenvalue weighted by atomic mass is 19.1. The number of aliphatic hydroxyl groups excluding tert-OH is 1. The zero-order chi connectivity index (χ0) is 16.2. The predicted molar refractivity (Wildman–Crippen MR) is 92.8 cm³/mol. The molecule has 1 aromatic rings. The average Bonchev–Trinajstić information content (AvgIpc) is 2.62. The molecule has 1 aromatic carbocycles. The highest BCUT2D eigenvalue weighted by Crippen LogP contribution is 2.44. The fourth-order valence-electron chi connectivity index (χ4n) is 4.99. The summed E-state index contributed by atoms with van der Waals surface area (Å²) in [6.07, 6.45) is 10.6. The first-order valence-corrected chi connectivity index (χ1v) is 9.53. The lowest BCUT2D eigenvalue weighted by Crippen LogP contribution is -2.28. The molecule has 23 heavy (non-hydrogen) atoms. The number of hydrogen-bond acceptors (Lipinski definition) is 1. The van der Waals surface area contributed by atoms with Gasteiger partial charge in [-0.05, 0) is 98.7 Å². The number of hydrogen-bond donors (Lipinski definition) is 1. The Balaban J connectivity index is 1.47. The number of aliphatic hydroxyl groups is 1. The minimum absolute atomic E-state index is 0.128. The van der Waals surface area contributed by atoms with Gasteiger partial charge in [0.1, 0.15) is 5.82 Å². The van der Waals surface area contributed by atoms with Crippen LogP contribution in [0.3, 0.4) is 0 Å². The molecule has 0 radical (unpaired) electrons. The van der Waals surface area contributed by atoms with Crippen molar-refractivity contribution in [2.45, 2.75) is 64.2 Å². The minimum Gasteiger partial charge on any atom is -0.396 e. The maximum absolute atomic E-state index is 13.1. The van der Waals surface area contributed by atoms with Gasteiger partial charge in [0.2, 0.25) is 0 Å². The topological polar surface area (TPSA) is 20.2 Å². The van der Waals surface area contributed by atoms with E-state index in [1.807, 2.05) is 12.1 Å². The maximum Gasteiger partial charge on any atom is 0.123 e. The van der Waals surface area contributed by atoms with Gasteiger partial charge in [-0.15, -0.1) is 0 Å². The van der Waals surface area contributed by atoms with Gasteiger partial charge >= 0.3 is 0 Å². The fraction of sp³-hybridized carbons (Fsp3) is 0.714. The third-order valence-electron chi connectivity index (χ3n) is 6.69. The van der Waals surface area contributed by atoms with E-state index in [0.717, 1.165) is 17.8 Å². The molecule has 2 fully saturated rings. The Hall–Kier alpha value is -0.890. The summed E-state index contributed by atoms with van der Waals surface area (Å²) in [4.78, 5) is 0. The average molecular weight is 318 g/mol. The molecular weight excluding hydrogens is 287 g/mol. The molecule has 1 unspecified atom stereocenters. The maximum atomic E-state index is 13.1. The molecule has 128 valence electrons. The van der Waals surface area contributed by atoms with Gasteiger partial charge in [0.05, 0.1) is 0 Å². The molecule has 1 atom stereocenters. The first kappa shape index (κ1) is 17.0. The van der Waals surface area contributed by atoms with Crippen molar-refractivity contribution in [3.05, 3.63) is 35.6 Å². The highest BCUT2D eigenvalue weighted by Gasteiger charge is 2.32. The molecule has 2 aliphatic rings.